The smallest absolute Gasteiger partial charge is 0.871 e. The van der Waals surface area contributed by atoms with Gasteiger partial charge in [0.15, 0.2) is 0 Å². The van der Waals surface area contributed by atoms with Crippen LogP contribution in [0.3, 0.4) is 0 Å². The molecule has 0 spiro atoms. The molecule has 14 heteroatoms. The number of hydrogen-bond acceptors (Lipinski definition) is 9. The minimum atomic E-state index is -1.13. The van der Waals surface area contributed by atoms with Crippen molar-refractivity contribution in [2.75, 3.05) is 0 Å². The molecule has 0 amide bonds. The fourth-order valence-electron chi connectivity index (χ4n) is 3.72. The number of fused-ring (bicyclic) bond motifs is 3. The van der Waals surface area contributed by atoms with Crippen molar-refractivity contribution in [3.63, 3.8) is 0 Å². The average Bonchev–Trinajstić information content (AvgIpc) is 2.98. The normalized spacial score (nSPS) is 9.82. The summed E-state index contributed by atoms with van der Waals surface area (Å²) in [7, 11) is 0. The van der Waals surface area contributed by atoms with Gasteiger partial charge in [-0.05, 0) is 34.4 Å². The number of rotatable bonds is 3. The zero-order valence-electron chi connectivity index (χ0n) is 22.2. The molecule has 0 aliphatic heterocycles. The monoisotopic (exact) mass is 698 g/mol. The van der Waals surface area contributed by atoms with Gasteiger partial charge >= 0.3 is 57.6 Å². The summed E-state index contributed by atoms with van der Waals surface area (Å²) in [6, 6.07) is 23.0. The van der Waals surface area contributed by atoms with Crippen LogP contribution in [-0.2, 0) is 22.4 Å². The molecule has 0 bridgehead atoms. The Kier molecular flexibility index (Phi) is 12.3. The summed E-state index contributed by atoms with van der Waals surface area (Å²) >= 11 is 0. The number of hydrogen-bond donors (Lipinski definition) is 3. The third-order valence-corrected chi connectivity index (χ3v) is 5.71. The van der Waals surface area contributed by atoms with Crippen LogP contribution < -0.4 is 15.3 Å². The predicted molar refractivity (Wildman–Crippen MR) is 150 cm³/mol. The van der Waals surface area contributed by atoms with E-state index in [0.717, 1.165) is 0 Å². The number of carbonyl (C=O) groups is 3. The van der Waals surface area contributed by atoms with E-state index in [2.05, 4.69) is 15.0 Å². The number of benzene rings is 3. The first kappa shape index (κ1) is 35.2. The third kappa shape index (κ3) is 8.29. The molecule has 3 heterocycles. The third-order valence-electron chi connectivity index (χ3n) is 5.71. The molecule has 6 rings (SSSR count). The second-order valence-corrected chi connectivity index (χ2v) is 8.49. The summed E-state index contributed by atoms with van der Waals surface area (Å²) < 4.78 is 0. The minimum absolute atomic E-state index is 0. The van der Waals surface area contributed by atoms with E-state index < -0.39 is 17.9 Å². The van der Waals surface area contributed by atoms with Gasteiger partial charge in [0.1, 0.15) is 17.1 Å². The molecular formula is C30H18AgAlN3O9+. The molecule has 0 radical (unpaired) electrons. The maximum Gasteiger partial charge on any atom is 3.00 e. The standard InChI is InChI=1S/3C10H7NO3.Ag.Al/c3*12-8-3-1-2-6-4-5-7(10(13)14)11-9(6)8;;/h3*1-5,12H,(H,13,14);;/q;;;+1;+3/p-3. The Hall–Kier alpha value is -5.03. The Labute approximate surface area is 274 Å². The molecule has 0 aliphatic rings. The largest absolute Gasteiger partial charge is 3.00 e. The first-order valence-corrected chi connectivity index (χ1v) is 12.0. The van der Waals surface area contributed by atoms with Gasteiger partial charge in [0, 0.05) is 0 Å². The molecule has 0 saturated carbocycles. The molecule has 3 aromatic heterocycles. The Morgan fingerprint density at radius 2 is 0.705 bits per heavy atom. The van der Waals surface area contributed by atoms with Crippen molar-refractivity contribution in [3.8, 4) is 17.2 Å². The van der Waals surface area contributed by atoms with E-state index in [1.807, 2.05) is 0 Å². The van der Waals surface area contributed by atoms with Gasteiger partial charge in [0.05, 0.1) is 16.6 Å². The van der Waals surface area contributed by atoms with Crippen molar-refractivity contribution in [2.45, 2.75) is 0 Å². The van der Waals surface area contributed by atoms with Crippen molar-refractivity contribution in [1.82, 2.24) is 15.0 Å². The molecular weight excluding hydrogens is 681 g/mol. The van der Waals surface area contributed by atoms with Gasteiger partial charge in [-0.2, -0.15) is 0 Å². The van der Waals surface area contributed by atoms with Gasteiger partial charge in [0.2, 0.25) is 0 Å². The molecule has 6 aromatic rings. The molecule has 0 unspecified atom stereocenters. The van der Waals surface area contributed by atoms with E-state index in [-0.39, 0.29) is 90.6 Å². The number of carboxylic acids is 3. The fourth-order valence-corrected chi connectivity index (χ4v) is 3.72. The van der Waals surface area contributed by atoms with Crippen molar-refractivity contribution in [2.24, 2.45) is 0 Å². The Morgan fingerprint density at radius 1 is 0.455 bits per heavy atom. The SMILES string of the molecule is O=C(O)c1ccc2cccc([O-])c2n1.O=C(O)c1ccc2cccc([O-])c2n1.O=C(O)c1ccc2cccc([O-])c2n1.[Ag+].[Al+3]. The van der Waals surface area contributed by atoms with E-state index in [4.69, 9.17) is 15.3 Å². The van der Waals surface area contributed by atoms with Gasteiger partial charge in [-0.1, -0.05) is 90.0 Å². The van der Waals surface area contributed by atoms with Crippen LogP contribution in [0.15, 0.2) is 91.0 Å². The molecule has 0 fully saturated rings. The van der Waals surface area contributed by atoms with E-state index in [9.17, 15) is 29.7 Å². The number of aromatic nitrogens is 3. The first-order chi connectivity index (χ1) is 20.0. The number of pyridine rings is 3. The van der Waals surface area contributed by atoms with Gasteiger partial charge < -0.3 is 30.6 Å². The Morgan fingerprint density at radius 3 is 0.932 bits per heavy atom. The Bertz CT molecular complexity index is 1760. The van der Waals surface area contributed by atoms with Crippen LogP contribution in [0.1, 0.15) is 31.5 Å². The average molecular weight is 699 g/mol. The topological polar surface area (TPSA) is 220 Å². The number of para-hydroxylation sites is 3. The second kappa shape index (κ2) is 15.4. The van der Waals surface area contributed by atoms with Crippen LogP contribution in [-0.4, -0.2) is 65.5 Å². The second-order valence-electron chi connectivity index (χ2n) is 8.49. The van der Waals surface area contributed by atoms with E-state index in [1.165, 1.54) is 36.4 Å². The first-order valence-electron chi connectivity index (χ1n) is 12.0. The van der Waals surface area contributed by atoms with E-state index in [1.54, 1.807) is 54.6 Å². The summed E-state index contributed by atoms with van der Waals surface area (Å²) in [5.41, 5.74) is 0.273. The quantitative estimate of drug-likeness (QED) is 0.227. The zero-order chi connectivity index (χ0) is 30.4. The van der Waals surface area contributed by atoms with Crippen molar-refractivity contribution < 1.29 is 67.4 Å². The van der Waals surface area contributed by atoms with Gasteiger partial charge in [-0.3, -0.25) is 0 Å². The van der Waals surface area contributed by atoms with Gasteiger partial charge in [0.25, 0.3) is 0 Å². The van der Waals surface area contributed by atoms with Gasteiger partial charge in [-0.25, -0.2) is 29.3 Å². The molecule has 44 heavy (non-hydrogen) atoms. The number of nitrogens with zero attached hydrogens (tertiary/aromatic N) is 3. The van der Waals surface area contributed by atoms with Crippen LogP contribution in [0.4, 0.5) is 0 Å². The molecule has 0 aliphatic carbocycles. The summed E-state index contributed by atoms with van der Waals surface area (Å²) in [5.74, 6) is -4.16. The summed E-state index contributed by atoms with van der Waals surface area (Å²) in [6.45, 7) is 0. The van der Waals surface area contributed by atoms with Crippen LogP contribution in [0, 0.1) is 0 Å². The fraction of sp³-hybridized carbons (Fsp3) is 0. The summed E-state index contributed by atoms with van der Waals surface area (Å²) in [4.78, 5) is 43.1. The minimum Gasteiger partial charge on any atom is -0.871 e. The number of aromatic carboxylic acids is 3. The van der Waals surface area contributed by atoms with Gasteiger partial charge in [-0.15, -0.1) is 0 Å². The van der Waals surface area contributed by atoms with E-state index >= 15 is 0 Å². The zero-order valence-corrected chi connectivity index (χ0v) is 24.8. The molecule has 220 valence electrons. The maximum absolute atomic E-state index is 11.3. The predicted octanol–water partition coefficient (Wildman–Crippen LogP) is 2.64. The van der Waals surface area contributed by atoms with Crippen LogP contribution in [0.5, 0.6) is 17.2 Å². The molecule has 0 saturated heterocycles. The van der Waals surface area contributed by atoms with E-state index in [0.29, 0.717) is 16.2 Å². The van der Waals surface area contributed by atoms with Crippen LogP contribution in [0.2, 0.25) is 0 Å². The van der Waals surface area contributed by atoms with Crippen molar-refractivity contribution >= 4 is 68.0 Å². The summed E-state index contributed by atoms with van der Waals surface area (Å²) in [6.07, 6.45) is 0. The summed E-state index contributed by atoms with van der Waals surface area (Å²) in [5, 5.41) is 61.9. The molecule has 3 aromatic carbocycles. The van der Waals surface area contributed by atoms with Crippen molar-refractivity contribution in [3.05, 3.63) is 108 Å². The Balaban J connectivity index is 0.000000225. The molecule has 0 atom stereocenters. The molecule has 12 nitrogen and oxygen atoms in total. The maximum atomic E-state index is 11.3. The van der Waals surface area contributed by atoms with Crippen LogP contribution >= 0.6 is 0 Å². The number of carboxylic acid groups (broad SMARTS) is 3. The molecule has 3 N–H and O–H groups in total. The van der Waals surface area contributed by atoms with Crippen molar-refractivity contribution in [1.29, 1.82) is 0 Å². The van der Waals surface area contributed by atoms with Crippen LogP contribution in [0.25, 0.3) is 32.7 Å².